The lowest BCUT2D eigenvalue weighted by molar-refractivity contribution is 0.181. The van der Waals surface area contributed by atoms with E-state index in [9.17, 15) is 5.11 Å². The van der Waals surface area contributed by atoms with Gasteiger partial charge < -0.3 is 10.4 Å². The van der Waals surface area contributed by atoms with Crippen LogP contribution in [0, 0.1) is 5.41 Å². The van der Waals surface area contributed by atoms with Gasteiger partial charge in [0.15, 0.2) is 0 Å². The van der Waals surface area contributed by atoms with Crippen molar-refractivity contribution in [1.29, 1.82) is 0 Å². The Morgan fingerprint density at radius 1 is 1.26 bits per heavy atom. The second-order valence-corrected chi connectivity index (χ2v) is 6.81. The van der Waals surface area contributed by atoms with Crippen LogP contribution in [-0.2, 0) is 12.8 Å². The monoisotopic (exact) mass is 261 g/mol. The van der Waals surface area contributed by atoms with Gasteiger partial charge >= 0.3 is 0 Å². The molecule has 0 aromatic heterocycles. The van der Waals surface area contributed by atoms with Gasteiger partial charge in [0.2, 0.25) is 0 Å². The van der Waals surface area contributed by atoms with E-state index in [0.29, 0.717) is 12.1 Å². The maximum atomic E-state index is 9.25. The van der Waals surface area contributed by atoms with Crippen molar-refractivity contribution in [3.05, 3.63) is 35.4 Å². The summed E-state index contributed by atoms with van der Waals surface area (Å²) >= 11 is 0. The fraction of sp³-hybridized carbons (Fsp3) is 0.647. The summed E-state index contributed by atoms with van der Waals surface area (Å²) in [6.07, 6.45) is 4.33. The molecule has 0 amide bonds. The van der Waals surface area contributed by atoms with Crippen molar-refractivity contribution in [1.82, 2.24) is 5.32 Å². The van der Waals surface area contributed by atoms with Gasteiger partial charge in [-0.1, -0.05) is 45.0 Å². The van der Waals surface area contributed by atoms with E-state index in [-0.39, 0.29) is 12.0 Å². The first-order valence-corrected chi connectivity index (χ1v) is 7.44. The van der Waals surface area contributed by atoms with Gasteiger partial charge in [0.1, 0.15) is 0 Å². The Balaban J connectivity index is 2.01. The molecule has 0 heterocycles. The summed E-state index contributed by atoms with van der Waals surface area (Å²) in [7, 11) is 0. The van der Waals surface area contributed by atoms with Crippen LogP contribution in [0.3, 0.4) is 0 Å². The number of benzene rings is 1. The Labute approximate surface area is 117 Å². The lowest BCUT2D eigenvalue weighted by atomic mass is 9.82. The minimum atomic E-state index is 0.194. The van der Waals surface area contributed by atoms with Crippen LogP contribution in [0.5, 0.6) is 0 Å². The molecule has 2 nitrogen and oxygen atoms in total. The quantitative estimate of drug-likeness (QED) is 0.873. The zero-order valence-electron chi connectivity index (χ0n) is 12.4. The Hall–Kier alpha value is -0.860. The highest BCUT2D eigenvalue weighted by Gasteiger charge is 2.28. The number of aliphatic hydroxyl groups excluding tert-OH is 1. The van der Waals surface area contributed by atoms with Crippen molar-refractivity contribution in [2.24, 2.45) is 5.41 Å². The van der Waals surface area contributed by atoms with Crippen molar-refractivity contribution in [2.75, 3.05) is 6.61 Å². The maximum Gasteiger partial charge on any atom is 0.0446 e. The first kappa shape index (κ1) is 14.5. The number of fused-ring (bicyclic) bond motifs is 1. The van der Waals surface area contributed by atoms with Crippen LogP contribution in [0.15, 0.2) is 24.3 Å². The molecular weight excluding hydrogens is 234 g/mol. The van der Waals surface area contributed by atoms with Gasteiger partial charge in [-0.2, -0.15) is 0 Å². The van der Waals surface area contributed by atoms with E-state index >= 15 is 0 Å². The molecule has 2 N–H and O–H groups in total. The number of aryl methyl sites for hydroxylation is 1. The average molecular weight is 261 g/mol. The molecule has 106 valence electrons. The van der Waals surface area contributed by atoms with Crippen LogP contribution in [0.4, 0.5) is 0 Å². The maximum absolute atomic E-state index is 9.25. The van der Waals surface area contributed by atoms with Crippen molar-refractivity contribution in [2.45, 2.75) is 58.5 Å². The minimum absolute atomic E-state index is 0.194. The van der Waals surface area contributed by atoms with Gasteiger partial charge in [-0.15, -0.1) is 0 Å². The topological polar surface area (TPSA) is 32.3 Å². The van der Waals surface area contributed by atoms with Gasteiger partial charge in [0, 0.05) is 18.7 Å². The highest BCUT2D eigenvalue weighted by Crippen LogP contribution is 2.26. The smallest absolute Gasteiger partial charge is 0.0446 e. The summed E-state index contributed by atoms with van der Waals surface area (Å²) in [6.45, 7) is 7.00. The highest BCUT2D eigenvalue weighted by molar-refractivity contribution is 5.30. The lowest BCUT2D eigenvalue weighted by Gasteiger charge is -2.36. The van der Waals surface area contributed by atoms with Crippen LogP contribution in [-0.4, -0.2) is 23.8 Å². The predicted octanol–water partition coefficient (Wildman–Crippen LogP) is 2.93. The summed E-state index contributed by atoms with van der Waals surface area (Å²) in [5.41, 5.74) is 3.19. The van der Waals surface area contributed by atoms with Crippen LogP contribution < -0.4 is 5.32 Å². The minimum Gasteiger partial charge on any atom is -0.396 e. The fourth-order valence-corrected chi connectivity index (χ4v) is 3.02. The molecule has 1 aliphatic rings. The Morgan fingerprint density at radius 3 is 2.58 bits per heavy atom. The van der Waals surface area contributed by atoms with E-state index in [0.717, 1.165) is 12.8 Å². The largest absolute Gasteiger partial charge is 0.396 e. The predicted molar refractivity (Wildman–Crippen MR) is 80.3 cm³/mol. The SMILES string of the molecule is CC(C)(C)C(CCO)NC1CCc2ccccc2C1. The summed E-state index contributed by atoms with van der Waals surface area (Å²) < 4.78 is 0. The number of nitrogens with one attached hydrogen (secondary N) is 1. The molecule has 0 radical (unpaired) electrons. The van der Waals surface area contributed by atoms with Gasteiger partial charge in [0.05, 0.1) is 0 Å². The van der Waals surface area contributed by atoms with E-state index in [1.807, 2.05) is 0 Å². The van der Waals surface area contributed by atoms with E-state index in [1.165, 1.54) is 24.0 Å². The fourth-order valence-electron chi connectivity index (χ4n) is 3.02. The number of aliphatic hydroxyl groups is 1. The molecule has 2 atom stereocenters. The van der Waals surface area contributed by atoms with Crippen molar-refractivity contribution in [3.8, 4) is 0 Å². The van der Waals surface area contributed by atoms with Crippen LogP contribution in [0.1, 0.15) is 44.7 Å². The third-order valence-electron chi connectivity index (χ3n) is 4.25. The standard InChI is InChI=1S/C17H27NO/c1-17(2,3)16(10-11-19)18-15-9-8-13-6-4-5-7-14(13)12-15/h4-7,15-16,18-19H,8-12H2,1-3H3. The van der Waals surface area contributed by atoms with Crippen molar-refractivity contribution < 1.29 is 5.11 Å². The molecule has 2 heteroatoms. The normalized spacial score (nSPS) is 20.9. The number of hydrogen-bond donors (Lipinski definition) is 2. The molecule has 2 unspecified atom stereocenters. The highest BCUT2D eigenvalue weighted by atomic mass is 16.3. The van der Waals surface area contributed by atoms with E-state index < -0.39 is 0 Å². The second-order valence-electron chi connectivity index (χ2n) is 6.81. The molecule has 1 aromatic rings. The van der Waals surface area contributed by atoms with Crippen LogP contribution in [0.2, 0.25) is 0 Å². The molecule has 1 aliphatic carbocycles. The Bertz CT molecular complexity index is 408. The first-order valence-electron chi connectivity index (χ1n) is 7.44. The number of rotatable bonds is 4. The van der Waals surface area contributed by atoms with Gasteiger partial charge in [-0.05, 0) is 42.2 Å². The summed E-state index contributed by atoms with van der Waals surface area (Å²) in [4.78, 5) is 0. The molecule has 0 fully saturated rings. The average Bonchev–Trinajstić information content (AvgIpc) is 2.37. The van der Waals surface area contributed by atoms with Gasteiger partial charge in [-0.25, -0.2) is 0 Å². The molecular formula is C17H27NO. The molecule has 0 saturated carbocycles. The molecule has 2 rings (SSSR count). The van der Waals surface area contributed by atoms with Crippen LogP contribution in [0.25, 0.3) is 0 Å². The van der Waals surface area contributed by atoms with Crippen molar-refractivity contribution in [3.63, 3.8) is 0 Å². The zero-order chi connectivity index (χ0) is 13.9. The van der Waals surface area contributed by atoms with Gasteiger partial charge in [-0.3, -0.25) is 0 Å². The Kier molecular flexibility index (Phi) is 4.64. The third-order valence-corrected chi connectivity index (χ3v) is 4.25. The Morgan fingerprint density at radius 2 is 1.95 bits per heavy atom. The molecule has 0 bridgehead atoms. The van der Waals surface area contributed by atoms with E-state index in [2.05, 4.69) is 50.4 Å². The van der Waals surface area contributed by atoms with E-state index in [1.54, 1.807) is 0 Å². The first-order chi connectivity index (χ1) is 9.00. The molecule has 0 spiro atoms. The molecule has 1 aromatic carbocycles. The summed E-state index contributed by atoms with van der Waals surface area (Å²) in [5, 5.41) is 13.0. The molecule has 19 heavy (non-hydrogen) atoms. The number of hydrogen-bond acceptors (Lipinski definition) is 2. The second kappa shape index (κ2) is 6.06. The third kappa shape index (κ3) is 3.80. The summed E-state index contributed by atoms with van der Waals surface area (Å²) in [6, 6.07) is 9.70. The molecule has 0 aliphatic heterocycles. The van der Waals surface area contributed by atoms with E-state index in [4.69, 9.17) is 0 Å². The van der Waals surface area contributed by atoms with Crippen LogP contribution >= 0.6 is 0 Å². The molecule has 0 saturated heterocycles. The van der Waals surface area contributed by atoms with Gasteiger partial charge in [0.25, 0.3) is 0 Å². The lowest BCUT2D eigenvalue weighted by Crippen LogP contribution is -2.48. The van der Waals surface area contributed by atoms with Crippen molar-refractivity contribution >= 4 is 0 Å². The zero-order valence-corrected chi connectivity index (χ0v) is 12.4. The summed E-state index contributed by atoms with van der Waals surface area (Å²) in [5.74, 6) is 0.